The van der Waals surface area contributed by atoms with E-state index in [4.69, 9.17) is 5.73 Å². The molecule has 1 aromatic carbocycles. The highest BCUT2D eigenvalue weighted by Gasteiger charge is 2.19. The molecule has 0 atom stereocenters. The minimum atomic E-state index is 0. The topological polar surface area (TPSA) is 82.7 Å². The second kappa shape index (κ2) is 9.51. The lowest BCUT2D eigenvalue weighted by molar-refractivity contribution is 0.381. The molecule has 1 fully saturated rings. The number of hydrogen-bond acceptors (Lipinski definition) is 7. The summed E-state index contributed by atoms with van der Waals surface area (Å²) >= 11 is 3.34. The predicted octanol–water partition coefficient (Wildman–Crippen LogP) is 2.92. The van der Waals surface area contributed by atoms with Gasteiger partial charge in [-0.1, -0.05) is 23.5 Å². The molecule has 1 aliphatic heterocycles. The Hall–Kier alpha value is -1.66. The Morgan fingerprint density at radius 3 is 2.78 bits per heavy atom. The Bertz CT molecular complexity index is 839. The van der Waals surface area contributed by atoms with Crippen molar-refractivity contribution in [3.05, 3.63) is 35.8 Å². The Morgan fingerprint density at radius 1 is 1.22 bits per heavy atom. The lowest BCUT2D eigenvalue weighted by Gasteiger charge is -2.35. The minimum Gasteiger partial charge on any atom is -0.370 e. The van der Waals surface area contributed by atoms with Gasteiger partial charge in [0.25, 0.3) is 0 Å². The molecular weight excluding hydrogens is 493 g/mol. The summed E-state index contributed by atoms with van der Waals surface area (Å²) in [6, 6.07) is 8.15. The number of halogens is 1. The van der Waals surface area contributed by atoms with Crippen molar-refractivity contribution in [3.8, 4) is 0 Å². The third-order valence-corrected chi connectivity index (χ3v) is 6.08. The van der Waals surface area contributed by atoms with E-state index < -0.39 is 0 Å². The Balaban J connectivity index is 0.00000210. The van der Waals surface area contributed by atoms with Gasteiger partial charge in [-0.3, -0.25) is 4.99 Å². The fourth-order valence-electron chi connectivity index (χ4n) is 2.88. The second-order valence-electron chi connectivity index (χ2n) is 5.94. The number of nitrogens with two attached hydrogens (primary N) is 1. The first-order valence-electron chi connectivity index (χ1n) is 8.58. The van der Waals surface area contributed by atoms with Crippen LogP contribution in [0.5, 0.6) is 0 Å². The van der Waals surface area contributed by atoms with Gasteiger partial charge in [0.2, 0.25) is 0 Å². The molecule has 3 aromatic rings. The largest absolute Gasteiger partial charge is 0.370 e. The van der Waals surface area contributed by atoms with E-state index >= 15 is 0 Å². The van der Waals surface area contributed by atoms with Crippen LogP contribution in [0.3, 0.4) is 0 Å². The van der Waals surface area contributed by atoms with Gasteiger partial charge < -0.3 is 20.9 Å². The van der Waals surface area contributed by atoms with Crippen LogP contribution >= 0.6 is 46.7 Å². The van der Waals surface area contributed by atoms with Gasteiger partial charge in [-0.25, -0.2) is 9.97 Å². The molecule has 0 aliphatic carbocycles. The molecule has 10 heteroatoms. The maximum absolute atomic E-state index is 6.16. The zero-order valence-corrected chi connectivity index (χ0v) is 18.7. The number of nitrogens with one attached hydrogen (secondary N) is 1. The average molecular weight is 515 g/mol. The van der Waals surface area contributed by atoms with Crippen molar-refractivity contribution in [2.45, 2.75) is 0 Å². The van der Waals surface area contributed by atoms with Crippen LogP contribution in [0.2, 0.25) is 0 Å². The Labute approximate surface area is 183 Å². The predicted molar refractivity (Wildman–Crippen MR) is 126 cm³/mol. The van der Waals surface area contributed by atoms with Crippen LogP contribution in [0.4, 0.5) is 10.3 Å². The van der Waals surface area contributed by atoms with Crippen molar-refractivity contribution in [2.24, 2.45) is 10.7 Å². The lowest BCUT2D eigenvalue weighted by Crippen LogP contribution is -2.51. The molecule has 3 heterocycles. The molecule has 27 heavy (non-hydrogen) atoms. The highest BCUT2D eigenvalue weighted by molar-refractivity contribution is 14.0. The van der Waals surface area contributed by atoms with Crippen molar-refractivity contribution in [1.29, 1.82) is 0 Å². The molecule has 4 rings (SSSR count). The van der Waals surface area contributed by atoms with E-state index in [1.807, 2.05) is 29.8 Å². The number of nitrogens with zero attached hydrogens (tertiary/aromatic N) is 5. The fraction of sp³-hybridized carbons (Fsp3) is 0.353. The summed E-state index contributed by atoms with van der Waals surface area (Å²) in [7, 11) is 0. The zero-order chi connectivity index (χ0) is 17.8. The molecule has 3 N–H and O–H groups in total. The third kappa shape index (κ3) is 4.99. The fourth-order valence-corrected chi connectivity index (χ4v) is 4.47. The van der Waals surface area contributed by atoms with E-state index in [1.54, 1.807) is 22.7 Å². The number of hydrogen-bond donors (Lipinski definition) is 2. The summed E-state index contributed by atoms with van der Waals surface area (Å²) in [4.78, 5) is 17.9. The molecule has 7 nitrogen and oxygen atoms in total. The van der Waals surface area contributed by atoms with E-state index in [0.717, 1.165) is 48.5 Å². The summed E-state index contributed by atoms with van der Waals surface area (Å²) in [5.74, 6) is 0.620. The van der Waals surface area contributed by atoms with Gasteiger partial charge in [0.15, 0.2) is 16.2 Å². The van der Waals surface area contributed by atoms with Crippen LogP contribution in [0.1, 0.15) is 0 Å². The summed E-state index contributed by atoms with van der Waals surface area (Å²) < 4.78 is 1.19. The molecule has 0 radical (unpaired) electrons. The van der Waals surface area contributed by atoms with Gasteiger partial charge in [-0.2, -0.15) is 0 Å². The van der Waals surface area contributed by atoms with Crippen molar-refractivity contribution < 1.29 is 0 Å². The van der Waals surface area contributed by atoms with Crippen LogP contribution in [0, 0.1) is 0 Å². The van der Waals surface area contributed by atoms with Crippen LogP contribution in [0.25, 0.3) is 10.2 Å². The SMILES string of the molecule is I.NC(=NCCNc1nc2ccccc2s1)N1CCN(c2nccs2)CC1. The van der Waals surface area contributed by atoms with E-state index in [2.05, 4.69) is 36.1 Å². The van der Waals surface area contributed by atoms with Gasteiger partial charge in [-0.15, -0.1) is 35.3 Å². The summed E-state index contributed by atoms with van der Waals surface area (Å²) in [6.45, 7) is 4.95. The first-order valence-corrected chi connectivity index (χ1v) is 10.3. The van der Waals surface area contributed by atoms with E-state index in [9.17, 15) is 0 Å². The van der Waals surface area contributed by atoms with Gasteiger partial charge in [0.1, 0.15) is 0 Å². The standard InChI is InChI=1S/C17H21N7S2.HI/c18-15(23-8-10-24(11-9-23)17-21-7-12-25-17)19-5-6-20-16-22-13-3-1-2-4-14(13)26-16;/h1-4,7,12H,5-6,8-11H2,(H2,18,19)(H,20,22);1H. The van der Waals surface area contributed by atoms with Crippen molar-refractivity contribution in [2.75, 3.05) is 49.5 Å². The summed E-state index contributed by atoms with van der Waals surface area (Å²) in [5, 5.41) is 7.35. The second-order valence-corrected chi connectivity index (χ2v) is 7.85. The summed E-state index contributed by atoms with van der Waals surface area (Å²) in [5.41, 5.74) is 7.19. The van der Waals surface area contributed by atoms with Crippen LogP contribution in [0.15, 0.2) is 40.8 Å². The number of fused-ring (bicyclic) bond motifs is 1. The summed E-state index contributed by atoms with van der Waals surface area (Å²) in [6.07, 6.45) is 1.85. The highest BCUT2D eigenvalue weighted by Crippen LogP contribution is 2.25. The number of piperazine rings is 1. The maximum atomic E-state index is 6.16. The molecule has 1 saturated heterocycles. The smallest absolute Gasteiger partial charge is 0.191 e. The van der Waals surface area contributed by atoms with Crippen LogP contribution in [-0.4, -0.2) is 60.1 Å². The van der Waals surface area contributed by atoms with Gasteiger partial charge >= 0.3 is 0 Å². The quantitative estimate of drug-likeness (QED) is 0.236. The van der Waals surface area contributed by atoms with Crippen molar-refractivity contribution in [1.82, 2.24) is 14.9 Å². The Morgan fingerprint density at radius 2 is 2.04 bits per heavy atom. The van der Waals surface area contributed by atoms with E-state index in [-0.39, 0.29) is 24.0 Å². The number of benzene rings is 1. The number of aliphatic imine (C=N–C) groups is 1. The van der Waals surface area contributed by atoms with E-state index in [1.165, 1.54) is 4.70 Å². The van der Waals surface area contributed by atoms with Crippen molar-refractivity contribution >= 4 is 73.1 Å². The average Bonchev–Trinajstić information content (AvgIpc) is 3.34. The molecule has 1 aliphatic rings. The first kappa shape index (κ1) is 20.1. The van der Waals surface area contributed by atoms with Gasteiger partial charge in [0, 0.05) is 44.3 Å². The molecular formula is C17H22IN7S2. The van der Waals surface area contributed by atoms with Crippen LogP contribution < -0.4 is 16.0 Å². The minimum absolute atomic E-state index is 0. The molecule has 0 bridgehead atoms. The molecule has 0 spiro atoms. The van der Waals surface area contributed by atoms with Gasteiger partial charge in [0.05, 0.1) is 16.8 Å². The normalized spacial score (nSPS) is 15.0. The van der Waals surface area contributed by atoms with Crippen LogP contribution in [-0.2, 0) is 0 Å². The number of anilines is 2. The Kier molecular flexibility index (Phi) is 7.07. The highest BCUT2D eigenvalue weighted by atomic mass is 127. The number of thiazole rings is 2. The first-order chi connectivity index (χ1) is 12.8. The third-order valence-electron chi connectivity index (χ3n) is 4.25. The lowest BCUT2D eigenvalue weighted by atomic mass is 10.3. The number of rotatable bonds is 5. The number of para-hydroxylation sites is 1. The van der Waals surface area contributed by atoms with E-state index in [0.29, 0.717) is 12.5 Å². The maximum Gasteiger partial charge on any atom is 0.191 e. The molecule has 144 valence electrons. The number of aromatic nitrogens is 2. The molecule has 2 aromatic heterocycles. The molecule has 0 amide bonds. The van der Waals surface area contributed by atoms with Crippen molar-refractivity contribution in [3.63, 3.8) is 0 Å². The zero-order valence-electron chi connectivity index (χ0n) is 14.7. The van der Waals surface area contributed by atoms with Gasteiger partial charge in [-0.05, 0) is 12.1 Å². The molecule has 0 saturated carbocycles. The monoisotopic (exact) mass is 515 g/mol. The number of guanidine groups is 1. The molecule has 0 unspecified atom stereocenters.